The average molecular weight is 325 g/mol. The third-order valence-electron chi connectivity index (χ3n) is 3.48. The maximum atomic E-state index is 12.6. The molecule has 0 saturated heterocycles. The third kappa shape index (κ3) is 2.56. The van der Waals surface area contributed by atoms with Crippen LogP contribution < -0.4 is 9.46 Å². The topological polar surface area (TPSA) is 91.0 Å². The van der Waals surface area contributed by atoms with Gasteiger partial charge in [0.15, 0.2) is 4.90 Å². The van der Waals surface area contributed by atoms with Gasteiger partial charge in [-0.2, -0.15) is 10.2 Å². The summed E-state index contributed by atoms with van der Waals surface area (Å²) in [5.74, 6) is 0.702. The van der Waals surface area contributed by atoms with Crippen molar-refractivity contribution in [2.45, 2.75) is 38.8 Å². The lowest BCUT2D eigenvalue weighted by atomic mass is 9.94. The Morgan fingerprint density at radius 1 is 1.41 bits per heavy atom. The predicted molar refractivity (Wildman–Crippen MR) is 80.2 cm³/mol. The summed E-state index contributed by atoms with van der Waals surface area (Å²) in [6.07, 6.45) is 2.87. The number of aromatic nitrogens is 4. The molecule has 0 spiro atoms. The van der Waals surface area contributed by atoms with Crippen LogP contribution in [0.15, 0.2) is 23.4 Å². The number of rotatable bonds is 4. The standard InChI is InChI=1S/C13H19N5O3S/c1-4-17-11(5-6-14-17)16-22(19,20)10-7-15-18-8-13(2,3)9-21-12(10)18/h5-7,16H,4,8-9H2,1-3H3. The van der Waals surface area contributed by atoms with Crippen molar-refractivity contribution in [1.29, 1.82) is 0 Å². The SMILES string of the molecule is CCn1nccc1NS(=O)(=O)c1cnn2c1OCC(C)(C)C2. The molecule has 120 valence electrons. The number of nitrogens with one attached hydrogen (secondary N) is 1. The monoisotopic (exact) mass is 325 g/mol. The van der Waals surface area contributed by atoms with Gasteiger partial charge in [0.05, 0.1) is 25.5 Å². The zero-order valence-corrected chi connectivity index (χ0v) is 13.6. The van der Waals surface area contributed by atoms with Gasteiger partial charge >= 0.3 is 0 Å². The van der Waals surface area contributed by atoms with E-state index in [9.17, 15) is 8.42 Å². The smallest absolute Gasteiger partial charge is 0.270 e. The lowest BCUT2D eigenvalue weighted by Crippen LogP contribution is -2.33. The molecule has 0 bridgehead atoms. The van der Waals surface area contributed by atoms with Crippen molar-refractivity contribution in [3.05, 3.63) is 18.5 Å². The maximum absolute atomic E-state index is 12.6. The van der Waals surface area contributed by atoms with E-state index in [-0.39, 0.29) is 16.2 Å². The van der Waals surface area contributed by atoms with Gasteiger partial charge in [0.25, 0.3) is 10.0 Å². The molecule has 0 aromatic carbocycles. The zero-order valence-electron chi connectivity index (χ0n) is 12.8. The van der Waals surface area contributed by atoms with E-state index in [0.29, 0.717) is 25.5 Å². The van der Waals surface area contributed by atoms with Crippen LogP contribution in [0.3, 0.4) is 0 Å². The summed E-state index contributed by atoms with van der Waals surface area (Å²) >= 11 is 0. The van der Waals surface area contributed by atoms with Crippen LogP contribution in [0.4, 0.5) is 5.82 Å². The van der Waals surface area contributed by atoms with Gasteiger partial charge in [-0.15, -0.1) is 0 Å². The Kier molecular flexibility index (Phi) is 3.39. The molecule has 0 fully saturated rings. The fourth-order valence-corrected chi connectivity index (χ4v) is 3.52. The van der Waals surface area contributed by atoms with E-state index >= 15 is 0 Å². The number of anilines is 1. The first-order chi connectivity index (χ1) is 10.3. The molecule has 0 saturated carbocycles. The van der Waals surface area contributed by atoms with E-state index in [1.165, 1.54) is 6.20 Å². The van der Waals surface area contributed by atoms with Crippen molar-refractivity contribution in [1.82, 2.24) is 19.6 Å². The van der Waals surface area contributed by atoms with E-state index in [0.717, 1.165) is 0 Å². The second kappa shape index (κ2) is 5.01. The van der Waals surface area contributed by atoms with Crippen molar-refractivity contribution in [3.63, 3.8) is 0 Å². The largest absolute Gasteiger partial charge is 0.476 e. The molecule has 2 aromatic heterocycles. The normalized spacial score (nSPS) is 16.9. The van der Waals surface area contributed by atoms with Crippen molar-refractivity contribution in [2.75, 3.05) is 11.3 Å². The molecule has 1 aliphatic heterocycles. The quantitative estimate of drug-likeness (QED) is 0.915. The summed E-state index contributed by atoms with van der Waals surface area (Å²) in [6, 6.07) is 1.61. The number of fused-ring (bicyclic) bond motifs is 1. The van der Waals surface area contributed by atoms with Crippen molar-refractivity contribution in [3.8, 4) is 5.88 Å². The first-order valence-corrected chi connectivity index (χ1v) is 8.54. The highest BCUT2D eigenvalue weighted by atomic mass is 32.2. The molecule has 1 N–H and O–H groups in total. The molecule has 3 rings (SSSR count). The van der Waals surface area contributed by atoms with Crippen LogP contribution in [0.25, 0.3) is 0 Å². The van der Waals surface area contributed by atoms with Crippen LogP contribution in [0.1, 0.15) is 20.8 Å². The molecule has 0 radical (unpaired) electrons. The van der Waals surface area contributed by atoms with Crippen LogP contribution in [-0.2, 0) is 23.1 Å². The molecular weight excluding hydrogens is 306 g/mol. The van der Waals surface area contributed by atoms with Gasteiger partial charge in [-0.3, -0.25) is 4.72 Å². The summed E-state index contributed by atoms with van der Waals surface area (Å²) in [5.41, 5.74) is -0.0751. The van der Waals surface area contributed by atoms with Gasteiger partial charge in [0.1, 0.15) is 5.82 Å². The fourth-order valence-electron chi connectivity index (χ4n) is 2.38. The summed E-state index contributed by atoms with van der Waals surface area (Å²) in [5, 5.41) is 8.18. The Morgan fingerprint density at radius 3 is 2.91 bits per heavy atom. The number of aryl methyl sites for hydroxylation is 1. The van der Waals surface area contributed by atoms with Gasteiger partial charge in [-0.25, -0.2) is 17.8 Å². The second-order valence-electron chi connectivity index (χ2n) is 6.06. The Morgan fingerprint density at radius 2 is 2.18 bits per heavy atom. The highest BCUT2D eigenvalue weighted by Crippen LogP contribution is 2.33. The molecule has 9 heteroatoms. The van der Waals surface area contributed by atoms with Gasteiger partial charge in [0.2, 0.25) is 5.88 Å². The summed E-state index contributed by atoms with van der Waals surface area (Å²) in [7, 11) is -3.77. The molecule has 1 aliphatic rings. The predicted octanol–water partition coefficient (Wildman–Crippen LogP) is 1.32. The molecule has 3 heterocycles. The molecule has 8 nitrogen and oxygen atoms in total. The van der Waals surface area contributed by atoms with Crippen LogP contribution >= 0.6 is 0 Å². The Hall–Kier alpha value is -2.03. The average Bonchev–Trinajstić information content (AvgIpc) is 3.03. The van der Waals surface area contributed by atoms with E-state index in [1.807, 2.05) is 20.8 Å². The summed E-state index contributed by atoms with van der Waals surface area (Å²) in [6.45, 7) is 7.62. The summed E-state index contributed by atoms with van der Waals surface area (Å²) < 4.78 is 36.5. The highest BCUT2D eigenvalue weighted by molar-refractivity contribution is 7.92. The first kappa shape index (κ1) is 14.9. The Labute approximate surface area is 129 Å². The van der Waals surface area contributed by atoms with E-state index in [1.54, 1.807) is 21.6 Å². The number of hydrogen-bond acceptors (Lipinski definition) is 5. The van der Waals surface area contributed by atoms with Crippen molar-refractivity contribution < 1.29 is 13.2 Å². The molecule has 2 aromatic rings. The Balaban J connectivity index is 1.93. The van der Waals surface area contributed by atoms with Crippen LogP contribution in [0, 0.1) is 5.41 Å². The minimum absolute atomic E-state index is 0.0480. The molecule has 0 amide bonds. The van der Waals surface area contributed by atoms with Gasteiger partial charge in [-0.1, -0.05) is 13.8 Å². The molecule has 0 unspecified atom stereocenters. The van der Waals surface area contributed by atoms with Crippen molar-refractivity contribution in [2.24, 2.45) is 5.41 Å². The third-order valence-corrected chi connectivity index (χ3v) is 4.82. The van der Waals surface area contributed by atoms with Crippen LogP contribution in [0.2, 0.25) is 0 Å². The fraction of sp³-hybridized carbons (Fsp3) is 0.538. The van der Waals surface area contributed by atoms with E-state index in [4.69, 9.17) is 4.74 Å². The van der Waals surface area contributed by atoms with Crippen LogP contribution in [-0.4, -0.2) is 34.6 Å². The molecular formula is C13H19N5O3S. The lowest BCUT2D eigenvalue weighted by molar-refractivity contribution is 0.0971. The number of nitrogens with zero attached hydrogens (tertiary/aromatic N) is 4. The highest BCUT2D eigenvalue weighted by Gasteiger charge is 2.33. The van der Waals surface area contributed by atoms with Gasteiger partial charge in [-0.05, 0) is 6.92 Å². The molecule has 0 aliphatic carbocycles. The van der Waals surface area contributed by atoms with Crippen LogP contribution in [0.5, 0.6) is 5.88 Å². The number of ether oxygens (including phenoxy) is 1. The zero-order chi connectivity index (χ0) is 16.0. The van der Waals surface area contributed by atoms with E-state index < -0.39 is 10.0 Å². The first-order valence-electron chi connectivity index (χ1n) is 7.06. The maximum Gasteiger partial charge on any atom is 0.270 e. The summed E-state index contributed by atoms with van der Waals surface area (Å²) in [4.78, 5) is 0.0480. The lowest BCUT2D eigenvalue weighted by Gasteiger charge is -2.30. The van der Waals surface area contributed by atoms with Crippen molar-refractivity contribution >= 4 is 15.8 Å². The number of sulfonamides is 1. The van der Waals surface area contributed by atoms with Gasteiger partial charge < -0.3 is 4.74 Å². The Bertz CT molecular complexity index is 790. The number of hydrogen-bond donors (Lipinski definition) is 1. The van der Waals surface area contributed by atoms with E-state index in [2.05, 4.69) is 14.9 Å². The minimum Gasteiger partial charge on any atom is -0.476 e. The molecule has 22 heavy (non-hydrogen) atoms. The van der Waals surface area contributed by atoms with Gasteiger partial charge in [0, 0.05) is 18.0 Å². The minimum atomic E-state index is -3.77. The second-order valence-corrected chi connectivity index (χ2v) is 7.71. The molecule has 0 atom stereocenters.